The number of pyridine rings is 3. The first kappa shape index (κ1) is 34.7. The molecule has 0 bridgehead atoms. The van der Waals surface area contributed by atoms with E-state index in [1.54, 1.807) is 18.6 Å². The fraction of sp³-hybridized carbons (Fsp3) is 0.0571. The fourth-order valence-corrected chi connectivity index (χ4v) is 3.22. The van der Waals surface area contributed by atoms with E-state index in [0.29, 0.717) is 0 Å². The molecule has 6 heteroatoms. The summed E-state index contributed by atoms with van der Waals surface area (Å²) in [7, 11) is 2.00. The first-order valence-electron chi connectivity index (χ1n) is 12.4. The molecule has 0 spiro atoms. The third-order valence-corrected chi connectivity index (χ3v) is 4.95. The van der Waals surface area contributed by atoms with E-state index >= 15 is 0 Å². The molecule has 0 fully saturated rings. The predicted molar refractivity (Wildman–Crippen MR) is 162 cm³/mol. The molecule has 2 N–H and O–H groups in total. The summed E-state index contributed by atoms with van der Waals surface area (Å²) in [6.07, 6.45) is 5.36. The largest absolute Gasteiger partial charge is 3.00 e. The van der Waals surface area contributed by atoms with Gasteiger partial charge in [0.1, 0.15) is 0 Å². The summed E-state index contributed by atoms with van der Waals surface area (Å²) in [5, 5.41) is 14.0. The molecule has 0 aliphatic carbocycles. The summed E-state index contributed by atoms with van der Waals surface area (Å²) < 4.78 is 0. The molecule has 0 unspecified atom stereocenters. The van der Waals surface area contributed by atoms with Crippen molar-refractivity contribution in [3.63, 3.8) is 0 Å². The van der Waals surface area contributed by atoms with E-state index in [0.717, 1.165) is 48.0 Å². The van der Waals surface area contributed by atoms with Crippen molar-refractivity contribution >= 4 is 0 Å². The molecule has 0 atom stereocenters. The number of aliphatic hydroxyl groups is 2. The standard InChI is InChI=1S/3C11H8N.2CH4O.Ir/c3*1-2-6-10(7-3-1)11-8-4-5-9-12-11;2*1-2;/h3*1-6,8-9H;2*2H,1H3;/q3*-1;;;+3. The van der Waals surface area contributed by atoms with Crippen LogP contribution in [0.25, 0.3) is 33.8 Å². The second-order valence-electron chi connectivity index (χ2n) is 7.47. The van der Waals surface area contributed by atoms with Crippen LogP contribution in [0.5, 0.6) is 0 Å². The monoisotopic (exact) mass is 719 g/mol. The van der Waals surface area contributed by atoms with Gasteiger partial charge in [0.15, 0.2) is 0 Å². The zero-order valence-corrected chi connectivity index (χ0v) is 25.3. The maximum Gasteiger partial charge on any atom is 3.00 e. The van der Waals surface area contributed by atoms with Crippen molar-refractivity contribution in [1.29, 1.82) is 0 Å². The Hall–Kier alpha value is -4.32. The Morgan fingerprint density at radius 3 is 0.854 bits per heavy atom. The van der Waals surface area contributed by atoms with Gasteiger partial charge in [-0.05, 0) is 35.3 Å². The molecule has 0 radical (unpaired) electrons. The summed E-state index contributed by atoms with van der Waals surface area (Å²) in [6, 6.07) is 50.5. The number of hydrogen-bond acceptors (Lipinski definition) is 5. The van der Waals surface area contributed by atoms with Crippen LogP contribution in [0.1, 0.15) is 0 Å². The van der Waals surface area contributed by atoms with Crippen LogP contribution in [0.15, 0.2) is 146 Å². The Balaban J connectivity index is 0.000000286. The van der Waals surface area contributed by atoms with Gasteiger partial charge >= 0.3 is 20.1 Å². The second-order valence-corrected chi connectivity index (χ2v) is 7.47. The molecule has 6 rings (SSSR count). The van der Waals surface area contributed by atoms with Crippen molar-refractivity contribution in [2.45, 2.75) is 0 Å². The van der Waals surface area contributed by atoms with E-state index in [1.165, 1.54) is 0 Å². The summed E-state index contributed by atoms with van der Waals surface area (Å²) in [6.45, 7) is 0. The van der Waals surface area contributed by atoms with Gasteiger partial charge in [-0.3, -0.25) is 0 Å². The first-order valence-corrected chi connectivity index (χ1v) is 12.4. The number of aromatic nitrogens is 3. The number of rotatable bonds is 3. The minimum Gasteiger partial charge on any atom is -0.400 e. The Labute approximate surface area is 256 Å². The normalized spacial score (nSPS) is 8.78. The molecular formula is C35H32IrN3O2. The van der Waals surface area contributed by atoms with Crippen LogP contribution in [-0.4, -0.2) is 39.4 Å². The quantitative estimate of drug-likeness (QED) is 0.196. The van der Waals surface area contributed by atoms with Crippen LogP contribution < -0.4 is 0 Å². The molecule has 41 heavy (non-hydrogen) atoms. The molecular weight excluding hydrogens is 687 g/mol. The molecule has 3 aromatic heterocycles. The average Bonchev–Trinajstić information content (AvgIpc) is 3.10. The maximum atomic E-state index is 7.00. The van der Waals surface area contributed by atoms with Gasteiger partial charge < -0.3 is 25.2 Å². The summed E-state index contributed by atoms with van der Waals surface area (Å²) in [5.41, 5.74) is 6.03. The Bertz CT molecular complexity index is 1100. The van der Waals surface area contributed by atoms with Crippen molar-refractivity contribution in [2.75, 3.05) is 14.2 Å². The van der Waals surface area contributed by atoms with E-state index in [4.69, 9.17) is 10.2 Å². The van der Waals surface area contributed by atoms with Gasteiger partial charge in [0.25, 0.3) is 0 Å². The van der Waals surface area contributed by atoms with Gasteiger partial charge in [0.05, 0.1) is 0 Å². The van der Waals surface area contributed by atoms with Gasteiger partial charge in [-0.2, -0.15) is 0 Å². The topological polar surface area (TPSA) is 79.1 Å². The fourth-order valence-electron chi connectivity index (χ4n) is 3.22. The minimum absolute atomic E-state index is 0. The summed E-state index contributed by atoms with van der Waals surface area (Å²) >= 11 is 0. The van der Waals surface area contributed by atoms with E-state index in [9.17, 15) is 0 Å². The number of nitrogens with zero attached hydrogens (tertiary/aromatic N) is 3. The first-order chi connectivity index (χ1) is 19.9. The molecule has 0 amide bonds. The summed E-state index contributed by atoms with van der Waals surface area (Å²) in [4.78, 5) is 12.7. The van der Waals surface area contributed by atoms with Gasteiger partial charge in [-0.25, -0.2) is 0 Å². The third kappa shape index (κ3) is 13.1. The van der Waals surface area contributed by atoms with Crippen molar-refractivity contribution in [3.8, 4) is 33.8 Å². The molecule has 0 aliphatic heterocycles. The van der Waals surface area contributed by atoms with Crippen LogP contribution in [-0.2, 0) is 20.1 Å². The van der Waals surface area contributed by atoms with Crippen LogP contribution in [0.3, 0.4) is 0 Å². The maximum absolute atomic E-state index is 7.00. The van der Waals surface area contributed by atoms with Crippen LogP contribution in [0.4, 0.5) is 0 Å². The van der Waals surface area contributed by atoms with E-state index in [-0.39, 0.29) is 20.1 Å². The van der Waals surface area contributed by atoms with Crippen molar-refractivity contribution in [1.82, 2.24) is 15.0 Å². The van der Waals surface area contributed by atoms with E-state index < -0.39 is 0 Å². The van der Waals surface area contributed by atoms with Gasteiger partial charge in [0, 0.05) is 32.8 Å². The van der Waals surface area contributed by atoms with Crippen LogP contribution in [0, 0.1) is 18.2 Å². The SMILES string of the molecule is CO.CO.[Ir+3].[c-]1ccccc1-c1ccccn1.[c-]1ccccc1-c1ccccn1.[c-]1ccccc1-c1ccccn1. The van der Waals surface area contributed by atoms with Gasteiger partial charge in [0.2, 0.25) is 0 Å². The number of aliphatic hydroxyl groups excluding tert-OH is 2. The third-order valence-electron chi connectivity index (χ3n) is 4.95. The zero-order valence-electron chi connectivity index (χ0n) is 22.9. The minimum atomic E-state index is 0. The van der Waals surface area contributed by atoms with Gasteiger partial charge in [-0.15, -0.1) is 108 Å². The predicted octanol–water partition coefficient (Wildman–Crippen LogP) is 6.86. The smallest absolute Gasteiger partial charge is 0.400 e. The van der Waals surface area contributed by atoms with Crippen molar-refractivity contribution in [2.24, 2.45) is 0 Å². The Kier molecular flexibility index (Phi) is 19.0. The molecule has 208 valence electrons. The number of benzene rings is 3. The second kappa shape index (κ2) is 22.5. The van der Waals surface area contributed by atoms with E-state index in [1.807, 2.05) is 127 Å². The molecule has 0 saturated carbocycles. The van der Waals surface area contributed by atoms with Gasteiger partial charge in [-0.1, -0.05) is 36.4 Å². The molecule has 3 heterocycles. The van der Waals surface area contributed by atoms with E-state index in [2.05, 4.69) is 33.2 Å². The Morgan fingerprint density at radius 1 is 0.390 bits per heavy atom. The van der Waals surface area contributed by atoms with Crippen molar-refractivity contribution < 1.29 is 30.3 Å². The summed E-state index contributed by atoms with van der Waals surface area (Å²) in [5.74, 6) is 0. The molecule has 0 aliphatic rings. The average molecular weight is 719 g/mol. The molecule has 6 aromatic rings. The van der Waals surface area contributed by atoms with Crippen molar-refractivity contribution in [3.05, 3.63) is 164 Å². The Morgan fingerprint density at radius 2 is 0.659 bits per heavy atom. The van der Waals surface area contributed by atoms with Crippen LogP contribution in [0.2, 0.25) is 0 Å². The zero-order chi connectivity index (χ0) is 28.7. The molecule has 3 aromatic carbocycles. The number of hydrogen-bond donors (Lipinski definition) is 2. The molecule has 0 saturated heterocycles. The molecule has 5 nitrogen and oxygen atoms in total. The van der Waals surface area contributed by atoms with Crippen LogP contribution >= 0.6 is 0 Å².